The maximum atomic E-state index is 13.9. The Hall–Kier alpha value is -4.99. The summed E-state index contributed by atoms with van der Waals surface area (Å²) in [6.45, 7) is 0. The Bertz CT molecular complexity index is 1840. The van der Waals surface area contributed by atoms with E-state index in [1.807, 2.05) is 30.3 Å². The second-order valence-electron chi connectivity index (χ2n) is 9.80. The van der Waals surface area contributed by atoms with E-state index >= 15 is 0 Å². The lowest BCUT2D eigenvalue weighted by molar-refractivity contribution is 0.610. The lowest BCUT2D eigenvalue weighted by Gasteiger charge is -2.22. The molecule has 0 radical (unpaired) electrons. The van der Waals surface area contributed by atoms with Crippen LogP contribution in [-0.4, -0.2) is 20.0 Å². The van der Waals surface area contributed by atoms with Gasteiger partial charge in [0, 0.05) is 17.3 Å². The molecule has 1 aliphatic rings. The van der Waals surface area contributed by atoms with Gasteiger partial charge in [0.25, 0.3) is 0 Å². The van der Waals surface area contributed by atoms with Gasteiger partial charge >= 0.3 is 0 Å². The Balaban J connectivity index is 1.46. The van der Waals surface area contributed by atoms with Crippen LogP contribution in [0.4, 0.5) is 15.8 Å². The molecule has 3 aromatic carbocycles. The third-order valence-electron chi connectivity index (χ3n) is 6.95. The van der Waals surface area contributed by atoms with Crippen LogP contribution in [0.25, 0.3) is 10.9 Å². The van der Waals surface area contributed by atoms with E-state index in [4.69, 9.17) is 11.6 Å². The highest BCUT2D eigenvalue weighted by Crippen LogP contribution is 2.38. The van der Waals surface area contributed by atoms with Crippen molar-refractivity contribution in [2.75, 3.05) is 10.6 Å². The van der Waals surface area contributed by atoms with Crippen LogP contribution in [0.5, 0.6) is 0 Å². The number of nitrogens with one attached hydrogen (secondary N) is 2. The van der Waals surface area contributed by atoms with E-state index in [0.717, 1.165) is 18.4 Å². The number of benzene rings is 3. The topological polar surface area (TPSA) is 115 Å². The summed E-state index contributed by atoms with van der Waals surface area (Å²) in [5, 5.41) is 35.5. The summed E-state index contributed by atoms with van der Waals surface area (Å²) in [5.74, 6) is -0.423. The molecular weight excluding hydrogens is 539 g/mol. The molecule has 0 saturated heterocycles. The van der Waals surface area contributed by atoms with Gasteiger partial charge in [0.15, 0.2) is 0 Å². The lowest BCUT2D eigenvalue weighted by Crippen LogP contribution is -2.14. The van der Waals surface area contributed by atoms with Crippen LogP contribution in [0.1, 0.15) is 61.1 Å². The quantitative estimate of drug-likeness (QED) is 0.196. The normalized spacial score (nSPS) is 15.3. The first-order valence-electron chi connectivity index (χ1n) is 13.6. The van der Waals surface area contributed by atoms with Crippen molar-refractivity contribution in [1.29, 1.82) is 10.5 Å². The predicted octanol–water partition coefficient (Wildman–Crippen LogP) is 7.09. The third-order valence-corrected chi connectivity index (χ3v) is 7.24. The number of hydrogen-bond acceptors (Lipinski definition) is 7. The molecule has 0 spiro atoms. The molecular formula is C31H24ClFN8. The van der Waals surface area contributed by atoms with Crippen molar-refractivity contribution in [3.8, 4) is 12.1 Å². The molecule has 1 saturated carbocycles. The first-order valence-corrected chi connectivity index (χ1v) is 13.4. The highest BCUT2D eigenvalue weighted by molar-refractivity contribution is 6.35. The second kappa shape index (κ2) is 11.2. The third kappa shape index (κ3) is 5.54. The Morgan fingerprint density at radius 3 is 2.56 bits per heavy atom. The first kappa shape index (κ1) is 25.0. The lowest BCUT2D eigenvalue weighted by atomic mass is 10.0. The molecule has 2 atom stereocenters. The van der Waals surface area contributed by atoms with Crippen molar-refractivity contribution in [3.63, 3.8) is 0 Å². The number of fused-ring (bicyclic) bond motifs is 1. The molecule has 8 nitrogen and oxygen atoms in total. The first-order chi connectivity index (χ1) is 20.4. The van der Waals surface area contributed by atoms with Gasteiger partial charge in [-0.25, -0.2) is 9.07 Å². The smallest absolute Gasteiger partial charge is 0.123 e. The van der Waals surface area contributed by atoms with Crippen LogP contribution in [-0.2, 0) is 0 Å². The molecule has 5 aromatic rings. The molecule has 2 aromatic heterocycles. The number of anilines is 2. The van der Waals surface area contributed by atoms with Gasteiger partial charge < -0.3 is 10.6 Å². The number of rotatable bonds is 9. The Labute approximate surface area is 242 Å². The van der Waals surface area contributed by atoms with Gasteiger partial charge in [-0.1, -0.05) is 59.3 Å². The summed E-state index contributed by atoms with van der Waals surface area (Å²) in [7, 11) is 0. The van der Waals surface area contributed by atoms with E-state index in [1.165, 1.54) is 30.5 Å². The molecule has 202 valence electrons. The van der Waals surface area contributed by atoms with Crippen molar-refractivity contribution >= 4 is 33.9 Å². The maximum Gasteiger partial charge on any atom is 0.123 e. The average molecular weight is 564 g/mol. The van der Waals surface area contributed by atoms with E-state index in [0.29, 0.717) is 38.6 Å². The van der Waals surface area contributed by atoms with E-state index in [1.54, 1.807) is 23.0 Å². The summed E-state index contributed by atoms with van der Waals surface area (Å²) in [4.78, 5) is 4.43. The molecule has 2 N–H and O–H groups in total. The van der Waals surface area contributed by atoms with Crippen LogP contribution in [0, 0.1) is 28.5 Å². The Morgan fingerprint density at radius 2 is 1.85 bits per heavy atom. The van der Waals surface area contributed by atoms with Crippen LogP contribution in [0.2, 0.25) is 5.02 Å². The minimum Gasteiger partial charge on any atom is -0.376 e. The van der Waals surface area contributed by atoms with Gasteiger partial charge in [0.05, 0.1) is 59.9 Å². The van der Waals surface area contributed by atoms with Crippen molar-refractivity contribution in [2.24, 2.45) is 0 Å². The summed E-state index contributed by atoms with van der Waals surface area (Å²) < 4.78 is 25.2. The minimum atomic E-state index is -1.65. The van der Waals surface area contributed by atoms with Gasteiger partial charge in [-0.05, 0) is 48.2 Å². The van der Waals surface area contributed by atoms with Gasteiger partial charge in [0.1, 0.15) is 17.6 Å². The standard InChI is InChI=1S/C31H24ClFN8/c32-26-15-23(37-30(20-6-8-22(33)9-7-20)28-18-41(40-39-28)24-10-11-24)14-25-29(21(16-35)17-36-31(25)26)38-27(12-13-34)19-4-2-1-3-5-19/h1-9,14-15,17-18,24,27,30,37H,10-12H2,(H,36,38)/t27-,30-/m1/s1/i30D. The fourth-order valence-electron chi connectivity index (χ4n) is 4.73. The second-order valence-corrected chi connectivity index (χ2v) is 10.2. The fraction of sp³-hybridized carbons (Fsp3) is 0.194. The molecule has 10 heteroatoms. The fourth-order valence-corrected chi connectivity index (χ4v) is 5.00. The molecule has 0 bridgehead atoms. The van der Waals surface area contributed by atoms with Crippen LogP contribution in [0.3, 0.4) is 0 Å². The SMILES string of the molecule is [2H][C@@](Nc1cc(Cl)c2ncc(C#N)c(N[C@H](CC#N)c3ccccc3)c2c1)(c1ccc(F)cc1)c1cn(C2CC2)nn1. The van der Waals surface area contributed by atoms with Crippen molar-refractivity contribution in [3.05, 3.63) is 112 Å². The highest BCUT2D eigenvalue weighted by Gasteiger charge is 2.27. The van der Waals surface area contributed by atoms with E-state index < -0.39 is 17.9 Å². The molecule has 0 unspecified atom stereocenters. The summed E-state index contributed by atoms with van der Waals surface area (Å²) >= 11 is 6.73. The van der Waals surface area contributed by atoms with Crippen LogP contribution < -0.4 is 10.6 Å². The van der Waals surface area contributed by atoms with Crippen molar-refractivity contribution in [2.45, 2.75) is 37.4 Å². The van der Waals surface area contributed by atoms with Crippen LogP contribution >= 0.6 is 11.6 Å². The average Bonchev–Trinajstić information content (AvgIpc) is 3.73. The Morgan fingerprint density at radius 1 is 1.07 bits per heavy atom. The summed E-state index contributed by atoms with van der Waals surface area (Å²) in [5.41, 5.74) is 3.30. The van der Waals surface area contributed by atoms with E-state index in [-0.39, 0.29) is 18.0 Å². The zero-order valence-corrected chi connectivity index (χ0v) is 22.5. The molecule has 1 aliphatic carbocycles. The molecule has 6 rings (SSSR count). The molecule has 41 heavy (non-hydrogen) atoms. The van der Waals surface area contributed by atoms with Gasteiger partial charge in [0.2, 0.25) is 0 Å². The van der Waals surface area contributed by atoms with E-state index in [9.17, 15) is 16.3 Å². The number of halogens is 2. The Kier molecular flexibility index (Phi) is 6.86. The number of nitrogens with zero attached hydrogens (tertiary/aromatic N) is 6. The van der Waals surface area contributed by atoms with Crippen molar-refractivity contribution < 1.29 is 5.76 Å². The zero-order chi connectivity index (χ0) is 29.3. The molecule has 2 heterocycles. The molecule has 0 amide bonds. The summed E-state index contributed by atoms with van der Waals surface area (Å²) in [6.07, 6.45) is 5.33. The van der Waals surface area contributed by atoms with E-state index in [2.05, 4.69) is 38.1 Å². The molecule has 0 aliphatic heterocycles. The van der Waals surface area contributed by atoms with Crippen LogP contribution in [0.15, 0.2) is 79.1 Å². The minimum absolute atomic E-state index is 0.154. The van der Waals surface area contributed by atoms with Gasteiger partial charge in [-0.15, -0.1) is 5.10 Å². The zero-order valence-electron chi connectivity index (χ0n) is 22.7. The van der Waals surface area contributed by atoms with Gasteiger partial charge in [-0.2, -0.15) is 10.5 Å². The van der Waals surface area contributed by atoms with Crippen molar-refractivity contribution in [1.82, 2.24) is 20.0 Å². The number of aromatic nitrogens is 4. The van der Waals surface area contributed by atoms with Gasteiger partial charge in [-0.3, -0.25) is 4.98 Å². The largest absolute Gasteiger partial charge is 0.376 e. The summed E-state index contributed by atoms with van der Waals surface area (Å²) in [6, 6.07) is 21.1. The monoisotopic (exact) mass is 563 g/mol. The maximum absolute atomic E-state index is 13.9. The number of nitriles is 2. The highest BCUT2D eigenvalue weighted by atomic mass is 35.5. The number of hydrogen-bond donors (Lipinski definition) is 2. The molecule has 1 fully saturated rings. The predicted molar refractivity (Wildman–Crippen MR) is 155 cm³/mol. The number of pyridine rings is 1.